The van der Waals surface area contributed by atoms with Crippen molar-refractivity contribution in [1.29, 1.82) is 10.5 Å². The third-order valence-corrected chi connectivity index (χ3v) is 4.76. The van der Waals surface area contributed by atoms with E-state index < -0.39 is 0 Å². The molecule has 0 saturated carbocycles. The molecule has 0 fully saturated rings. The van der Waals surface area contributed by atoms with Gasteiger partial charge in [0.1, 0.15) is 0 Å². The smallest absolute Gasteiger partial charge is 0.164 e. The predicted octanol–water partition coefficient (Wildman–Crippen LogP) is 5.38. The monoisotopic (exact) mass is 437 g/mol. The highest BCUT2D eigenvalue weighted by Crippen LogP contribution is 2.26. The molecular weight excluding hydrogens is 426 g/mol. The number of benzene rings is 3. The Balaban J connectivity index is 1.88. The average Bonchev–Trinajstić information content (AvgIpc) is 2.79. The summed E-state index contributed by atoms with van der Waals surface area (Å²) in [5, 5.41) is 18.1. The zero-order valence-electron chi connectivity index (χ0n) is 15.0. The minimum absolute atomic E-state index is 0.513. The van der Waals surface area contributed by atoms with E-state index in [1.165, 1.54) is 0 Å². The Morgan fingerprint density at radius 1 is 0.586 bits per heavy atom. The van der Waals surface area contributed by atoms with Gasteiger partial charge < -0.3 is 0 Å². The SMILES string of the molecule is N#Cc1ccc(-c2nc(-c3ccc(C#N)cc3)nc(-c3cccc(Br)c3)n2)cc1. The van der Waals surface area contributed by atoms with Crippen LogP contribution in [-0.4, -0.2) is 15.0 Å². The number of nitriles is 2. The lowest BCUT2D eigenvalue weighted by atomic mass is 10.1. The summed E-state index contributed by atoms with van der Waals surface area (Å²) in [7, 11) is 0. The van der Waals surface area contributed by atoms with Crippen LogP contribution in [0.5, 0.6) is 0 Å². The molecule has 29 heavy (non-hydrogen) atoms. The molecule has 0 saturated heterocycles. The van der Waals surface area contributed by atoms with E-state index in [0.29, 0.717) is 28.6 Å². The van der Waals surface area contributed by atoms with Crippen molar-refractivity contribution in [3.05, 3.63) is 88.4 Å². The molecule has 0 aliphatic heterocycles. The van der Waals surface area contributed by atoms with Gasteiger partial charge in [0.25, 0.3) is 0 Å². The van der Waals surface area contributed by atoms with Crippen LogP contribution in [0.25, 0.3) is 34.2 Å². The number of hydrogen-bond acceptors (Lipinski definition) is 5. The second kappa shape index (κ2) is 8.02. The standard InChI is InChI=1S/C23H12BrN5/c24-20-3-1-2-19(12-20)23-28-21(17-8-4-15(13-25)5-9-17)27-22(29-23)18-10-6-16(14-26)7-11-18/h1-12H. The van der Waals surface area contributed by atoms with Gasteiger partial charge in [0.15, 0.2) is 17.5 Å². The van der Waals surface area contributed by atoms with Gasteiger partial charge in [-0.2, -0.15) is 10.5 Å². The lowest BCUT2D eigenvalue weighted by molar-refractivity contribution is 1.07. The van der Waals surface area contributed by atoms with Gasteiger partial charge in [-0.25, -0.2) is 15.0 Å². The maximum atomic E-state index is 9.03. The van der Waals surface area contributed by atoms with Crippen LogP contribution in [0, 0.1) is 22.7 Å². The van der Waals surface area contributed by atoms with Gasteiger partial charge in [0.2, 0.25) is 0 Å². The Labute approximate surface area is 176 Å². The van der Waals surface area contributed by atoms with Crippen molar-refractivity contribution >= 4 is 15.9 Å². The molecule has 3 aromatic carbocycles. The second-order valence-electron chi connectivity index (χ2n) is 6.19. The van der Waals surface area contributed by atoms with Crippen molar-refractivity contribution in [2.24, 2.45) is 0 Å². The number of halogens is 1. The average molecular weight is 438 g/mol. The van der Waals surface area contributed by atoms with Crippen LogP contribution in [0.4, 0.5) is 0 Å². The minimum atomic E-state index is 0.513. The first kappa shape index (κ1) is 18.5. The summed E-state index contributed by atoms with van der Waals surface area (Å²) in [4.78, 5) is 13.9. The zero-order chi connectivity index (χ0) is 20.2. The molecule has 0 amide bonds. The van der Waals surface area contributed by atoms with Crippen LogP contribution in [0.3, 0.4) is 0 Å². The Morgan fingerprint density at radius 2 is 1.03 bits per heavy atom. The van der Waals surface area contributed by atoms with E-state index in [1.807, 2.05) is 48.5 Å². The van der Waals surface area contributed by atoms with Gasteiger partial charge in [-0.05, 0) is 60.7 Å². The molecule has 5 nitrogen and oxygen atoms in total. The molecule has 4 rings (SSSR count). The molecule has 136 valence electrons. The molecule has 0 aliphatic carbocycles. The number of nitrogens with zero attached hydrogens (tertiary/aromatic N) is 5. The molecule has 0 N–H and O–H groups in total. The third kappa shape index (κ3) is 4.03. The summed E-state index contributed by atoms with van der Waals surface area (Å²) in [6.45, 7) is 0. The number of rotatable bonds is 3. The van der Waals surface area contributed by atoms with Crippen molar-refractivity contribution < 1.29 is 0 Å². The van der Waals surface area contributed by atoms with E-state index in [9.17, 15) is 0 Å². The molecule has 6 heteroatoms. The molecule has 0 bridgehead atoms. The molecule has 0 aliphatic rings. The minimum Gasteiger partial charge on any atom is -0.208 e. The normalized spacial score (nSPS) is 10.2. The first-order chi connectivity index (χ1) is 14.2. The molecule has 0 spiro atoms. The first-order valence-electron chi connectivity index (χ1n) is 8.69. The highest BCUT2D eigenvalue weighted by atomic mass is 79.9. The highest BCUT2D eigenvalue weighted by Gasteiger charge is 2.12. The lowest BCUT2D eigenvalue weighted by Crippen LogP contribution is -2.00. The largest absolute Gasteiger partial charge is 0.208 e. The van der Waals surface area contributed by atoms with Crippen LogP contribution in [0.2, 0.25) is 0 Å². The molecule has 4 aromatic rings. The predicted molar refractivity (Wildman–Crippen MR) is 113 cm³/mol. The summed E-state index contributed by atoms with van der Waals surface area (Å²) in [5.74, 6) is 1.57. The molecule has 1 aromatic heterocycles. The van der Waals surface area contributed by atoms with E-state index in [2.05, 4.69) is 43.0 Å². The molecule has 0 unspecified atom stereocenters. The van der Waals surface area contributed by atoms with Gasteiger partial charge in [0, 0.05) is 21.2 Å². The van der Waals surface area contributed by atoms with E-state index in [1.54, 1.807) is 24.3 Å². The van der Waals surface area contributed by atoms with Crippen molar-refractivity contribution in [2.45, 2.75) is 0 Å². The van der Waals surface area contributed by atoms with Gasteiger partial charge in [-0.3, -0.25) is 0 Å². The summed E-state index contributed by atoms with van der Waals surface area (Å²) in [6.07, 6.45) is 0. The van der Waals surface area contributed by atoms with E-state index in [-0.39, 0.29) is 0 Å². The summed E-state index contributed by atoms with van der Waals surface area (Å²) >= 11 is 3.49. The van der Waals surface area contributed by atoms with Crippen molar-refractivity contribution in [3.8, 4) is 46.3 Å². The van der Waals surface area contributed by atoms with Crippen LogP contribution in [0.1, 0.15) is 11.1 Å². The Hall–Kier alpha value is -3.87. The van der Waals surface area contributed by atoms with Crippen LogP contribution < -0.4 is 0 Å². The second-order valence-corrected chi connectivity index (χ2v) is 7.11. The third-order valence-electron chi connectivity index (χ3n) is 4.26. The maximum absolute atomic E-state index is 9.03. The molecule has 1 heterocycles. The topological polar surface area (TPSA) is 86.2 Å². The number of aromatic nitrogens is 3. The maximum Gasteiger partial charge on any atom is 0.164 e. The Morgan fingerprint density at radius 3 is 1.45 bits per heavy atom. The van der Waals surface area contributed by atoms with E-state index in [4.69, 9.17) is 10.5 Å². The van der Waals surface area contributed by atoms with Gasteiger partial charge in [-0.15, -0.1) is 0 Å². The number of hydrogen-bond donors (Lipinski definition) is 0. The Kier molecular flexibility index (Phi) is 5.11. The molecular formula is C23H12BrN5. The quantitative estimate of drug-likeness (QED) is 0.429. The molecule has 0 radical (unpaired) electrons. The molecule has 0 atom stereocenters. The van der Waals surface area contributed by atoms with Crippen LogP contribution in [-0.2, 0) is 0 Å². The van der Waals surface area contributed by atoms with Gasteiger partial charge in [0.05, 0.1) is 23.3 Å². The highest BCUT2D eigenvalue weighted by molar-refractivity contribution is 9.10. The van der Waals surface area contributed by atoms with Gasteiger partial charge >= 0.3 is 0 Å². The van der Waals surface area contributed by atoms with Crippen molar-refractivity contribution in [2.75, 3.05) is 0 Å². The Bertz CT molecular complexity index is 1190. The van der Waals surface area contributed by atoms with Crippen LogP contribution in [0.15, 0.2) is 77.3 Å². The van der Waals surface area contributed by atoms with Gasteiger partial charge in [-0.1, -0.05) is 28.1 Å². The first-order valence-corrected chi connectivity index (χ1v) is 9.48. The fourth-order valence-electron chi connectivity index (χ4n) is 2.78. The van der Waals surface area contributed by atoms with Crippen molar-refractivity contribution in [1.82, 2.24) is 15.0 Å². The zero-order valence-corrected chi connectivity index (χ0v) is 16.6. The summed E-state index contributed by atoms with van der Waals surface area (Å²) < 4.78 is 0.926. The van der Waals surface area contributed by atoms with E-state index >= 15 is 0 Å². The fraction of sp³-hybridized carbons (Fsp3) is 0. The lowest BCUT2D eigenvalue weighted by Gasteiger charge is -2.08. The van der Waals surface area contributed by atoms with Crippen LogP contribution >= 0.6 is 15.9 Å². The fourth-order valence-corrected chi connectivity index (χ4v) is 3.18. The summed E-state index contributed by atoms with van der Waals surface area (Å²) in [5.41, 5.74) is 3.58. The summed E-state index contributed by atoms with van der Waals surface area (Å²) in [6, 6.07) is 26.2. The van der Waals surface area contributed by atoms with Crippen molar-refractivity contribution in [3.63, 3.8) is 0 Å². The van der Waals surface area contributed by atoms with E-state index in [0.717, 1.165) is 21.2 Å².